The van der Waals surface area contributed by atoms with E-state index in [0.29, 0.717) is 19.7 Å². The van der Waals surface area contributed by atoms with Crippen LogP contribution in [-0.4, -0.2) is 29.3 Å². The zero-order valence-corrected chi connectivity index (χ0v) is 14.5. The summed E-state index contributed by atoms with van der Waals surface area (Å²) in [6, 6.07) is 0. The number of rotatable bonds is 14. The number of nitrogens with zero attached hydrogens (tertiary/aromatic N) is 1. The van der Waals surface area contributed by atoms with E-state index in [9.17, 15) is 9.46 Å². The molecular weight excluding hydrogens is 273 g/mol. The summed E-state index contributed by atoms with van der Waals surface area (Å²) in [6.07, 6.45) is 9.36. The van der Waals surface area contributed by atoms with E-state index < -0.39 is 7.75 Å². The number of hydrogen-bond acceptors (Lipinski definition) is 2. The molecule has 0 rings (SSSR count). The van der Waals surface area contributed by atoms with Gasteiger partial charge in [-0.1, -0.05) is 59.3 Å². The highest BCUT2D eigenvalue weighted by atomic mass is 31.2. The Morgan fingerprint density at radius 3 is 1.75 bits per heavy atom. The first-order valence-electron chi connectivity index (χ1n) is 8.31. The number of hydrogen-bond donors (Lipinski definition) is 1. The predicted molar refractivity (Wildman–Crippen MR) is 85.9 cm³/mol. The molecule has 1 atom stereocenters. The van der Waals surface area contributed by atoms with Crippen molar-refractivity contribution in [3.63, 3.8) is 0 Å². The lowest BCUT2D eigenvalue weighted by Crippen LogP contribution is -2.24. The monoisotopic (exact) mass is 307 g/mol. The van der Waals surface area contributed by atoms with Gasteiger partial charge < -0.3 is 4.89 Å². The Bertz CT molecular complexity index is 252. The van der Waals surface area contributed by atoms with E-state index in [1.807, 2.05) is 0 Å². The Morgan fingerprint density at radius 2 is 1.30 bits per heavy atom. The zero-order valence-electron chi connectivity index (χ0n) is 13.6. The van der Waals surface area contributed by atoms with Crippen LogP contribution in [-0.2, 0) is 9.09 Å². The first kappa shape index (κ1) is 20.1. The van der Waals surface area contributed by atoms with Gasteiger partial charge in [-0.05, 0) is 19.3 Å². The van der Waals surface area contributed by atoms with Crippen molar-refractivity contribution in [1.29, 1.82) is 0 Å². The SMILES string of the molecule is CCCCCOP(=O)(O)N(CCCCC)CCCCC. The second kappa shape index (κ2) is 12.8. The molecule has 0 saturated carbocycles. The number of unbranched alkanes of at least 4 members (excludes halogenated alkanes) is 6. The average Bonchev–Trinajstić information content (AvgIpc) is 2.42. The molecule has 0 bridgehead atoms. The maximum atomic E-state index is 12.3. The predicted octanol–water partition coefficient (Wildman–Crippen LogP) is 4.98. The van der Waals surface area contributed by atoms with Crippen LogP contribution in [0.2, 0.25) is 0 Å². The Morgan fingerprint density at radius 1 is 0.850 bits per heavy atom. The van der Waals surface area contributed by atoms with Gasteiger partial charge in [0.1, 0.15) is 0 Å². The molecule has 0 aromatic rings. The third-order valence-electron chi connectivity index (χ3n) is 3.40. The largest absolute Gasteiger partial charge is 0.405 e. The molecule has 0 aliphatic heterocycles. The van der Waals surface area contributed by atoms with E-state index in [1.165, 1.54) is 0 Å². The van der Waals surface area contributed by atoms with Crippen molar-refractivity contribution >= 4 is 7.75 Å². The Hall–Kier alpha value is 0.110. The van der Waals surface area contributed by atoms with Gasteiger partial charge >= 0.3 is 7.75 Å². The molecule has 0 heterocycles. The second-order valence-electron chi connectivity index (χ2n) is 5.40. The van der Waals surface area contributed by atoms with Crippen LogP contribution in [0.4, 0.5) is 0 Å². The van der Waals surface area contributed by atoms with Gasteiger partial charge in [0.2, 0.25) is 0 Å². The van der Waals surface area contributed by atoms with Crippen molar-refractivity contribution < 1.29 is 14.0 Å². The van der Waals surface area contributed by atoms with Crippen LogP contribution in [0.1, 0.15) is 78.6 Å². The summed E-state index contributed by atoms with van der Waals surface area (Å²) in [5.41, 5.74) is 0. The van der Waals surface area contributed by atoms with Crippen molar-refractivity contribution in [1.82, 2.24) is 4.67 Å². The standard InChI is InChI=1S/C15H34NO3P/c1-4-7-10-13-16(14-11-8-5-2)20(17,18)19-15-12-9-6-3/h4-15H2,1-3H3,(H,17,18). The van der Waals surface area contributed by atoms with Crippen molar-refractivity contribution in [2.45, 2.75) is 78.6 Å². The molecule has 20 heavy (non-hydrogen) atoms. The zero-order chi connectivity index (χ0) is 15.3. The molecule has 1 unspecified atom stereocenters. The van der Waals surface area contributed by atoms with Gasteiger partial charge in [-0.15, -0.1) is 0 Å². The van der Waals surface area contributed by atoms with Gasteiger partial charge in [0.25, 0.3) is 0 Å². The fourth-order valence-electron chi connectivity index (χ4n) is 2.07. The maximum Gasteiger partial charge on any atom is 0.405 e. The van der Waals surface area contributed by atoms with Gasteiger partial charge in [0, 0.05) is 13.1 Å². The molecule has 0 aliphatic carbocycles. The first-order valence-corrected chi connectivity index (χ1v) is 9.84. The van der Waals surface area contributed by atoms with Crippen LogP contribution in [0.5, 0.6) is 0 Å². The molecule has 0 aromatic carbocycles. The maximum absolute atomic E-state index is 12.3. The van der Waals surface area contributed by atoms with Crippen LogP contribution >= 0.6 is 7.75 Å². The van der Waals surface area contributed by atoms with Gasteiger partial charge in [-0.2, -0.15) is 0 Å². The van der Waals surface area contributed by atoms with Crippen LogP contribution in [0.25, 0.3) is 0 Å². The normalized spacial score (nSPS) is 14.7. The van der Waals surface area contributed by atoms with Crippen molar-refractivity contribution in [2.75, 3.05) is 19.7 Å². The minimum atomic E-state index is -3.59. The van der Waals surface area contributed by atoms with Crippen LogP contribution in [0, 0.1) is 0 Å². The smallest absolute Gasteiger partial charge is 0.312 e. The summed E-state index contributed by atoms with van der Waals surface area (Å²) < 4.78 is 19.3. The second-order valence-corrected chi connectivity index (χ2v) is 7.20. The molecule has 0 aliphatic rings. The Labute approximate surface area is 125 Å². The molecule has 0 fully saturated rings. The van der Waals surface area contributed by atoms with E-state index in [4.69, 9.17) is 4.52 Å². The molecule has 0 spiro atoms. The van der Waals surface area contributed by atoms with E-state index >= 15 is 0 Å². The summed E-state index contributed by atoms with van der Waals surface area (Å²) >= 11 is 0. The van der Waals surface area contributed by atoms with Crippen molar-refractivity contribution in [3.05, 3.63) is 0 Å². The highest BCUT2D eigenvalue weighted by molar-refractivity contribution is 7.50. The van der Waals surface area contributed by atoms with Gasteiger partial charge in [-0.25, -0.2) is 9.24 Å². The van der Waals surface area contributed by atoms with Crippen LogP contribution < -0.4 is 0 Å². The van der Waals surface area contributed by atoms with Crippen LogP contribution in [0.15, 0.2) is 0 Å². The molecule has 4 nitrogen and oxygen atoms in total. The van der Waals surface area contributed by atoms with Crippen LogP contribution in [0.3, 0.4) is 0 Å². The highest BCUT2D eigenvalue weighted by Gasteiger charge is 2.28. The van der Waals surface area contributed by atoms with Crippen molar-refractivity contribution in [3.8, 4) is 0 Å². The van der Waals surface area contributed by atoms with E-state index in [1.54, 1.807) is 4.67 Å². The fraction of sp³-hybridized carbons (Fsp3) is 1.00. The average molecular weight is 307 g/mol. The lowest BCUT2D eigenvalue weighted by atomic mass is 10.2. The van der Waals surface area contributed by atoms with Gasteiger partial charge in [0.05, 0.1) is 6.61 Å². The Kier molecular flexibility index (Phi) is 12.9. The molecular formula is C15H34NO3P. The third-order valence-corrected chi connectivity index (χ3v) is 5.04. The van der Waals surface area contributed by atoms with Gasteiger partial charge in [0.15, 0.2) is 0 Å². The lowest BCUT2D eigenvalue weighted by molar-refractivity contribution is 0.194. The Balaban J connectivity index is 4.25. The minimum absolute atomic E-state index is 0.389. The summed E-state index contributed by atoms with van der Waals surface area (Å²) in [7, 11) is -3.59. The van der Waals surface area contributed by atoms with E-state index in [-0.39, 0.29) is 0 Å². The van der Waals surface area contributed by atoms with E-state index in [2.05, 4.69) is 20.8 Å². The molecule has 0 amide bonds. The fourth-order valence-corrected chi connectivity index (χ4v) is 3.39. The summed E-state index contributed by atoms with van der Waals surface area (Å²) in [5, 5.41) is 0. The quantitative estimate of drug-likeness (QED) is 0.363. The molecule has 0 saturated heterocycles. The molecule has 122 valence electrons. The summed E-state index contributed by atoms with van der Waals surface area (Å²) in [5.74, 6) is 0. The lowest BCUT2D eigenvalue weighted by Gasteiger charge is -2.26. The topological polar surface area (TPSA) is 49.8 Å². The molecule has 5 heteroatoms. The van der Waals surface area contributed by atoms with Gasteiger partial charge in [-0.3, -0.25) is 4.52 Å². The summed E-state index contributed by atoms with van der Waals surface area (Å²) in [4.78, 5) is 10.1. The third kappa shape index (κ3) is 9.93. The summed E-state index contributed by atoms with van der Waals surface area (Å²) in [6.45, 7) is 8.11. The molecule has 0 radical (unpaired) electrons. The molecule has 0 aromatic heterocycles. The van der Waals surface area contributed by atoms with E-state index in [0.717, 1.165) is 57.8 Å². The molecule has 1 N–H and O–H groups in total. The minimum Gasteiger partial charge on any atom is -0.312 e. The first-order chi connectivity index (χ1) is 9.58. The highest BCUT2D eigenvalue weighted by Crippen LogP contribution is 2.46. The van der Waals surface area contributed by atoms with Crippen molar-refractivity contribution in [2.24, 2.45) is 0 Å².